The number of nitrogens with two attached hydrogens (primary N) is 1. The number of hydrogen-bond donors (Lipinski definition) is 2. The fourth-order valence-electron chi connectivity index (χ4n) is 1.20. The molecule has 5 nitrogen and oxygen atoms in total. The summed E-state index contributed by atoms with van der Waals surface area (Å²) < 4.78 is 22.3. The first-order valence-corrected chi connectivity index (χ1v) is 8.36. The van der Waals surface area contributed by atoms with Crippen molar-refractivity contribution in [3.8, 4) is 0 Å². The Hall–Kier alpha value is -0.920. The fourth-order valence-corrected chi connectivity index (χ4v) is 2.78. The summed E-state index contributed by atoms with van der Waals surface area (Å²) in [4.78, 5) is 11.9. The van der Waals surface area contributed by atoms with Crippen molar-refractivity contribution in [3.05, 3.63) is 17.0 Å². The molecule has 0 aromatic carbocycles. The lowest BCUT2D eigenvalue weighted by Crippen LogP contribution is -2.36. The van der Waals surface area contributed by atoms with Crippen molar-refractivity contribution < 1.29 is 13.2 Å². The number of primary sulfonamides is 1. The first-order valence-electron chi connectivity index (χ1n) is 5.93. The maximum atomic E-state index is 11.9. The molecule has 0 aliphatic rings. The minimum absolute atomic E-state index is 0.000713. The van der Waals surface area contributed by atoms with Gasteiger partial charge >= 0.3 is 0 Å². The zero-order valence-corrected chi connectivity index (χ0v) is 13.2. The number of carbonyl (C=O) groups excluding carboxylic acids is 1. The maximum Gasteiger partial charge on any atom is 0.252 e. The molecule has 0 aliphatic heterocycles. The third-order valence-corrected chi connectivity index (χ3v) is 5.77. The highest BCUT2D eigenvalue weighted by Gasteiger charge is 2.23. The lowest BCUT2D eigenvalue weighted by Gasteiger charge is -2.29. The molecule has 19 heavy (non-hydrogen) atoms. The molecule has 1 aromatic heterocycles. The van der Waals surface area contributed by atoms with E-state index < -0.39 is 10.0 Å². The van der Waals surface area contributed by atoms with E-state index in [-0.39, 0.29) is 15.5 Å². The van der Waals surface area contributed by atoms with Gasteiger partial charge in [-0.1, -0.05) is 27.7 Å². The van der Waals surface area contributed by atoms with Crippen LogP contribution in [0.1, 0.15) is 38.1 Å². The van der Waals surface area contributed by atoms with Crippen LogP contribution in [0.5, 0.6) is 0 Å². The summed E-state index contributed by atoms with van der Waals surface area (Å²) in [6, 6.07) is 1.30. The molecular formula is C12H20N2O3S2. The normalized spacial score (nSPS) is 12.7. The predicted octanol–water partition coefficient (Wildman–Crippen LogP) is 1.81. The van der Waals surface area contributed by atoms with Crippen molar-refractivity contribution >= 4 is 27.3 Å². The zero-order chi connectivity index (χ0) is 14.8. The molecule has 0 radical (unpaired) electrons. The van der Waals surface area contributed by atoms with Crippen molar-refractivity contribution in [1.29, 1.82) is 0 Å². The molecule has 1 amide bonds. The minimum atomic E-state index is -3.73. The molecule has 0 saturated carbocycles. The Kier molecular flexibility index (Phi) is 4.76. The van der Waals surface area contributed by atoms with Crippen LogP contribution in [0, 0.1) is 11.3 Å². The van der Waals surface area contributed by atoms with Gasteiger partial charge in [0.1, 0.15) is 4.21 Å². The highest BCUT2D eigenvalue weighted by atomic mass is 32.2. The van der Waals surface area contributed by atoms with Gasteiger partial charge < -0.3 is 5.32 Å². The van der Waals surface area contributed by atoms with Crippen molar-refractivity contribution in [2.24, 2.45) is 16.5 Å². The van der Waals surface area contributed by atoms with Crippen molar-refractivity contribution in [2.45, 2.75) is 31.9 Å². The maximum absolute atomic E-state index is 11.9. The molecule has 0 aliphatic carbocycles. The first kappa shape index (κ1) is 16.1. The summed E-state index contributed by atoms with van der Waals surface area (Å²) >= 11 is 0.951. The molecule has 0 unspecified atom stereocenters. The molecule has 0 bridgehead atoms. The fraction of sp³-hybridized carbons (Fsp3) is 0.583. The van der Waals surface area contributed by atoms with Crippen LogP contribution in [-0.2, 0) is 10.0 Å². The second-order valence-electron chi connectivity index (χ2n) is 5.53. The van der Waals surface area contributed by atoms with Crippen LogP contribution < -0.4 is 10.5 Å². The Morgan fingerprint density at radius 2 is 2.05 bits per heavy atom. The molecule has 0 atom stereocenters. The Morgan fingerprint density at radius 1 is 1.47 bits per heavy atom. The number of nitrogens with one attached hydrogen (secondary N) is 1. The standard InChI is InChI=1S/C12H20N2O3S2/c1-8(2)12(3,4)7-14-11(15)9-5-10(18-6-9)19(13,16)17/h5-6,8H,7H2,1-4H3,(H,14,15)(H2,13,16,17). The third-order valence-electron chi connectivity index (χ3n) is 3.39. The highest BCUT2D eigenvalue weighted by molar-refractivity contribution is 7.91. The lowest BCUT2D eigenvalue weighted by molar-refractivity contribution is 0.0925. The quantitative estimate of drug-likeness (QED) is 0.869. The second kappa shape index (κ2) is 5.60. The van der Waals surface area contributed by atoms with Gasteiger partial charge in [-0.2, -0.15) is 0 Å². The van der Waals surface area contributed by atoms with E-state index in [2.05, 4.69) is 33.0 Å². The van der Waals surface area contributed by atoms with E-state index in [9.17, 15) is 13.2 Å². The van der Waals surface area contributed by atoms with Crippen LogP contribution in [0.25, 0.3) is 0 Å². The number of sulfonamides is 1. The van der Waals surface area contributed by atoms with Crippen LogP contribution in [0.4, 0.5) is 0 Å². The summed E-state index contributed by atoms with van der Waals surface area (Å²) in [6.07, 6.45) is 0. The van der Waals surface area contributed by atoms with Crippen molar-refractivity contribution in [3.63, 3.8) is 0 Å². The Balaban J connectivity index is 2.73. The Bertz CT molecular complexity index is 559. The number of hydrogen-bond acceptors (Lipinski definition) is 4. The van der Waals surface area contributed by atoms with Gasteiger partial charge in [0.25, 0.3) is 5.91 Å². The average molecular weight is 304 g/mol. The molecule has 0 fully saturated rings. The van der Waals surface area contributed by atoms with Gasteiger partial charge in [-0.05, 0) is 17.4 Å². The summed E-state index contributed by atoms with van der Waals surface area (Å²) in [5, 5.41) is 9.32. The molecular weight excluding hydrogens is 284 g/mol. The topological polar surface area (TPSA) is 89.3 Å². The van der Waals surface area contributed by atoms with Crippen molar-refractivity contribution in [2.75, 3.05) is 6.54 Å². The molecule has 0 saturated heterocycles. The van der Waals surface area contributed by atoms with Crippen LogP contribution in [0.3, 0.4) is 0 Å². The van der Waals surface area contributed by atoms with Gasteiger partial charge in [-0.15, -0.1) is 11.3 Å². The first-order chi connectivity index (χ1) is 8.54. The van der Waals surface area contributed by atoms with Crippen LogP contribution in [0.15, 0.2) is 15.7 Å². The zero-order valence-electron chi connectivity index (χ0n) is 11.6. The number of carbonyl (C=O) groups is 1. The van der Waals surface area contributed by atoms with Gasteiger partial charge in [0.15, 0.2) is 0 Å². The van der Waals surface area contributed by atoms with E-state index in [0.29, 0.717) is 18.0 Å². The molecule has 0 spiro atoms. The Labute approximate surface area is 118 Å². The van der Waals surface area contributed by atoms with Crippen LogP contribution >= 0.6 is 11.3 Å². The Morgan fingerprint density at radius 3 is 2.47 bits per heavy atom. The van der Waals surface area contributed by atoms with Gasteiger partial charge in [0.2, 0.25) is 10.0 Å². The molecule has 7 heteroatoms. The number of rotatable bonds is 5. The van der Waals surface area contributed by atoms with Gasteiger partial charge in [-0.3, -0.25) is 4.79 Å². The summed E-state index contributed by atoms with van der Waals surface area (Å²) in [5.41, 5.74) is 0.308. The molecule has 108 valence electrons. The molecule has 1 heterocycles. The largest absolute Gasteiger partial charge is 0.351 e. The molecule has 1 rings (SSSR count). The molecule has 3 N–H and O–H groups in total. The van der Waals surface area contributed by atoms with E-state index in [4.69, 9.17) is 5.14 Å². The smallest absolute Gasteiger partial charge is 0.252 e. The monoisotopic (exact) mass is 304 g/mol. The second-order valence-corrected chi connectivity index (χ2v) is 8.22. The van der Waals surface area contributed by atoms with E-state index >= 15 is 0 Å². The predicted molar refractivity (Wildman–Crippen MR) is 76.6 cm³/mol. The van der Waals surface area contributed by atoms with E-state index in [0.717, 1.165) is 11.3 Å². The van der Waals surface area contributed by atoms with E-state index in [1.54, 1.807) is 0 Å². The summed E-state index contributed by atoms with van der Waals surface area (Å²) in [6.45, 7) is 8.86. The third kappa shape index (κ3) is 4.29. The molecule has 1 aromatic rings. The van der Waals surface area contributed by atoms with E-state index in [1.807, 2.05) is 0 Å². The highest BCUT2D eigenvalue weighted by Crippen LogP contribution is 2.25. The summed E-state index contributed by atoms with van der Waals surface area (Å²) in [5.74, 6) is 0.148. The van der Waals surface area contributed by atoms with Gasteiger partial charge in [0, 0.05) is 11.9 Å². The van der Waals surface area contributed by atoms with E-state index in [1.165, 1.54) is 11.4 Å². The van der Waals surface area contributed by atoms with Gasteiger partial charge in [-0.25, -0.2) is 13.6 Å². The van der Waals surface area contributed by atoms with Crippen LogP contribution in [-0.4, -0.2) is 20.9 Å². The SMILES string of the molecule is CC(C)C(C)(C)CNC(=O)c1csc(S(N)(=O)=O)c1. The lowest BCUT2D eigenvalue weighted by atomic mass is 9.81. The number of amides is 1. The van der Waals surface area contributed by atoms with Crippen LogP contribution in [0.2, 0.25) is 0 Å². The van der Waals surface area contributed by atoms with Gasteiger partial charge in [0.05, 0.1) is 5.56 Å². The minimum Gasteiger partial charge on any atom is -0.351 e. The van der Waals surface area contributed by atoms with Crippen molar-refractivity contribution in [1.82, 2.24) is 5.32 Å². The number of thiophene rings is 1. The average Bonchev–Trinajstić information content (AvgIpc) is 2.74. The summed E-state index contributed by atoms with van der Waals surface area (Å²) in [7, 11) is -3.73.